The fourth-order valence-corrected chi connectivity index (χ4v) is 5.73. The molecule has 2 aliphatic rings. The molecule has 2 fully saturated rings. The molecule has 5 rings (SSSR count). The minimum absolute atomic E-state index is 0.229. The van der Waals surface area contributed by atoms with E-state index in [0.717, 1.165) is 48.7 Å². The van der Waals surface area contributed by atoms with Crippen molar-refractivity contribution >= 4 is 22.3 Å². The van der Waals surface area contributed by atoms with Crippen LogP contribution in [0.3, 0.4) is 0 Å². The molecule has 2 saturated heterocycles. The lowest BCUT2D eigenvalue weighted by molar-refractivity contribution is -0.138. The van der Waals surface area contributed by atoms with E-state index in [4.69, 9.17) is 0 Å². The molecule has 0 aliphatic carbocycles. The molecule has 3 aromatic rings. The number of hydrogen-bond acceptors (Lipinski definition) is 5. The van der Waals surface area contributed by atoms with Crippen LogP contribution in [0.4, 0.5) is 24.7 Å². The second kappa shape index (κ2) is 8.41. The maximum atomic E-state index is 13.4. The van der Waals surface area contributed by atoms with Crippen LogP contribution < -0.4 is 10.2 Å². The molecule has 1 N–H and O–H groups in total. The van der Waals surface area contributed by atoms with Crippen molar-refractivity contribution in [3.63, 3.8) is 0 Å². The summed E-state index contributed by atoms with van der Waals surface area (Å²) in [6, 6.07) is 10.3. The van der Waals surface area contributed by atoms with Crippen LogP contribution in [0.2, 0.25) is 0 Å². The summed E-state index contributed by atoms with van der Waals surface area (Å²) in [5.74, 6) is 0.582. The molecule has 8 heteroatoms. The second-order valence-electron chi connectivity index (χ2n) is 10.0. The third-order valence-electron chi connectivity index (χ3n) is 7.58. The van der Waals surface area contributed by atoms with E-state index in [1.54, 1.807) is 12.3 Å². The first-order chi connectivity index (χ1) is 16.2. The van der Waals surface area contributed by atoms with Crippen molar-refractivity contribution in [2.45, 2.75) is 38.9 Å². The molecule has 180 valence electrons. The van der Waals surface area contributed by atoms with E-state index >= 15 is 0 Å². The van der Waals surface area contributed by atoms with Gasteiger partial charge in [-0.15, -0.1) is 5.10 Å². The summed E-state index contributed by atoms with van der Waals surface area (Å²) < 4.78 is 40.2. The summed E-state index contributed by atoms with van der Waals surface area (Å²) in [5.41, 5.74) is 1.74. The first kappa shape index (κ1) is 22.9. The molecule has 2 atom stereocenters. The van der Waals surface area contributed by atoms with Gasteiger partial charge in [-0.25, -0.2) is 0 Å². The number of benzene rings is 2. The summed E-state index contributed by atoms with van der Waals surface area (Å²) in [5, 5.41) is 13.6. The Kier molecular flexibility index (Phi) is 5.67. The first-order valence-electron chi connectivity index (χ1n) is 11.8. The van der Waals surface area contributed by atoms with Crippen molar-refractivity contribution in [2.24, 2.45) is 5.41 Å². The second-order valence-corrected chi connectivity index (χ2v) is 10.0. The van der Waals surface area contributed by atoms with Crippen LogP contribution in [0, 0.1) is 12.3 Å². The Morgan fingerprint density at radius 2 is 1.88 bits per heavy atom. The zero-order valence-corrected chi connectivity index (χ0v) is 19.8. The number of aromatic nitrogens is 2. The quantitative estimate of drug-likeness (QED) is 0.534. The molecule has 2 aliphatic heterocycles. The van der Waals surface area contributed by atoms with Crippen molar-refractivity contribution in [1.29, 1.82) is 0 Å². The van der Waals surface area contributed by atoms with Gasteiger partial charge in [0.2, 0.25) is 0 Å². The van der Waals surface area contributed by atoms with Gasteiger partial charge in [-0.3, -0.25) is 0 Å². The van der Waals surface area contributed by atoms with E-state index in [-0.39, 0.29) is 11.6 Å². The fourth-order valence-electron chi connectivity index (χ4n) is 5.73. The van der Waals surface area contributed by atoms with Gasteiger partial charge in [0.05, 0.1) is 17.8 Å². The third kappa shape index (κ3) is 4.19. The number of fused-ring (bicyclic) bond motifs is 1. The van der Waals surface area contributed by atoms with Crippen molar-refractivity contribution in [3.05, 3.63) is 59.3 Å². The van der Waals surface area contributed by atoms with Gasteiger partial charge < -0.3 is 15.1 Å². The van der Waals surface area contributed by atoms with Crippen molar-refractivity contribution in [2.75, 3.05) is 43.4 Å². The number of likely N-dealkylation sites (tertiary alicyclic amines) is 1. The lowest BCUT2D eigenvalue weighted by Gasteiger charge is -2.25. The standard InChI is InChI=1S/C26H30F3N5/c1-17-21(5-4-6-23(17)26(27,28)29)18(2)31-24-22-13-20(8-7-19(22)14-30-32-24)34-12-10-25(16-34)9-11-33(3)15-25/h4-8,13-14,18H,9-12,15-16H2,1-3H3,(H,31,32). The van der Waals surface area contributed by atoms with E-state index in [2.05, 4.69) is 50.6 Å². The highest BCUT2D eigenvalue weighted by Crippen LogP contribution is 2.41. The van der Waals surface area contributed by atoms with Crippen LogP contribution in [0.25, 0.3) is 10.8 Å². The van der Waals surface area contributed by atoms with E-state index in [1.165, 1.54) is 25.8 Å². The molecule has 0 saturated carbocycles. The Morgan fingerprint density at radius 3 is 2.62 bits per heavy atom. The molecule has 1 aromatic heterocycles. The predicted octanol–water partition coefficient (Wildman–Crippen LogP) is 5.66. The van der Waals surface area contributed by atoms with Crippen molar-refractivity contribution in [3.8, 4) is 0 Å². The summed E-state index contributed by atoms with van der Waals surface area (Å²) in [6.45, 7) is 7.75. The maximum absolute atomic E-state index is 13.4. The average molecular weight is 470 g/mol. The van der Waals surface area contributed by atoms with Crippen LogP contribution >= 0.6 is 0 Å². The summed E-state index contributed by atoms with van der Waals surface area (Å²) in [4.78, 5) is 4.86. The minimum Gasteiger partial charge on any atom is -0.371 e. The van der Waals surface area contributed by atoms with Gasteiger partial charge in [0.15, 0.2) is 5.82 Å². The molecule has 1 spiro atoms. The molecule has 0 amide bonds. The monoisotopic (exact) mass is 469 g/mol. The Bertz CT molecular complexity index is 1210. The highest BCUT2D eigenvalue weighted by Gasteiger charge is 2.42. The highest BCUT2D eigenvalue weighted by molar-refractivity contribution is 5.93. The number of alkyl halides is 3. The Morgan fingerprint density at radius 1 is 1.09 bits per heavy atom. The number of nitrogens with one attached hydrogen (secondary N) is 1. The van der Waals surface area contributed by atoms with E-state index < -0.39 is 11.7 Å². The van der Waals surface area contributed by atoms with E-state index in [1.807, 2.05) is 6.92 Å². The van der Waals surface area contributed by atoms with Gasteiger partial charge in [0.1, 0.15) is 0 Å². The normalized spacial score (nSPS) is 22.1. The lowest BCUT2D eigenvalue weighted by Crippen LogP contribution is -2.29. The van der Waals surface area contributed by atoms with Gasteiger partial charge in [0, 0.05) is 41.5 Å². The number of anilines is 2. The number of rotatable bonds is 4. The third-order valence-corrected chi connectivity index (χ3v) is 7.58. The van der Waals surface area contributed by atoms with Gasteiger partial charge in [-0.1, -0.05) is 18.2 Å². The highest BCUT2D eigenvalue weighted by atomic mass is 19.4. The first-order valence-corrected chi connectivity index (χ1v) is 11.8. The zero-order chi connectivity index (χ0) is 24.1. The van der Waals surface area contributed by atoms with Crippen LogP contribution in [0.15, 0.2) is 42.6 Å². The molecule has 2 aromatic carbocycles. The van der Waals surface area contributed by atoms with Gasteiger partial charge in [-0.05, 0) is 69.6 Å². The molecular formula is C26H30F3N5. The zero-order valence-electron chi connectivity index (χ0n) is 19.8. The van der Waals surface area contributed by atoms with Crippen LogP contribution in [0.1, 0.15) is 42.5 Å². The average Bonchev–Trinajstić information content (AvgIpc) is 3.38. The summed E-state index contributed by atoms with van der Waals surface area (Å²) >= 11 is 0. The molecule has 3 heterocycles. The number of halogens is 3. The van der Waals surface area contributed by atoms with Crippen LogP contribution in [0.5, 0.6) is 0 Å². The van der Waals surface area contributed by atoms with Crippen LogP contribution in [-0.2, 0) is 6.18 Å². The van der Waals surface area contributed by atoms with E-state index in [9.17, 15) is 13.2 Å². The molecule has 0 radical (unpaired) electrons. The summed E-state index contributed by atoms with van der Waals surface area (Å²) in [7, 11) is 2.19. The molecule has 34 heavy (non-hydrogen) atoms. The fraction of sp³-hybridized carbons (Fsp3) is 0.462. The maximum Gasteiger partial charge on any atom is 0.416 e. The Hall–Kier alpha value is -2.87. The largest absolute Gasteiger partial charge is 0.416 e. The summed E-state index contributed by atoms with van der Waals surface area (Å²) in [6.07, 6.45) is -0.224. The minimum atomic E-state index is -4.38. The predicted molar refractivity (Wildman–Crippen MR) is 129 cm³/mol. The smallest absolute Gasteiger partial charge is 0.371 e. The lowest BCUT2D eigenvalue weighted by atomic mass is 9.86. The Labute approximate surface area is 198 Å². The topological polar surface area (TPSA) is 44.3 Å². The van der Waals surface area contributed by atoms with Crippen molar-refractivity contribution in [1.82, 2.24) is 15.1 Å². The molecule has 2 unspecified atom stereocenters. The van der Waals surface area contributed by atoms with Gasteiger partial charge >= 0.3 is 6.18 Å². The van der Waals surface area contributed by atoms with Gasteiger partial charge in [-0.2, -0.15) is 18.3 Å². The SMILES string of the molecule is Cc1c(C(C)Nc2nncc3ccc(N4CCC5(CCN(C)C5)C4)cc23)cccc1C(F)(F)F. The van der Waals surface area contributed by atoms with E-state index in [0.29, 0.717) is 16.8 Å². The van der Waals surface area contributed by atoms with Crippen LogP contribution in [-0.4, -0.2) is 48.3 Å². The Balaban J connectivity index is 1.43. The molecule has 0 bridgehead atoms. The number of hydrogen-bond donors (Lipinski definition) is 1. The number of nitrogens with zero attached hydrogens (tertiary/aromatic N) is 4. The molecular weight excluding hydrogens is 439 g/mol. The van der Waals surface area contributed by atoms with Crippen molar-refractivity contribution < 1.29 is 13.2 Å². The van der Waals surface area contributed by atoms with Gasteiger partial charge in [0.25, 0.3) is 0 Å². The molecule has 5 nitrogen and oxygen atoms in total.